The number of nitrogens with zero attached hydrogens (tertiary/aromatic N) is 1. The monoisotopic (exact) mass is 312 g/mol. The molecule has 7 nitrogen and oxygen atoms in total. The van der Waals surface area contributed by atoms with Gasteiger partial charge in [-0.25, -0.2) is 4.79 Å². The summed E-state index contributed by atoms with van der Waals surface area (Å²) in [6, 6.07) is 0. The molecule has 7 heteroatoms. The van der Waals surface area contributed by atoms with E-state index in [-0.39, 0.29) is 18.2 Å². The lowest BCUT2D eigenvalue weighted by Gasteiger charge is -2.34. The van der Waals surface area contributed by atoms with E-state index in [0.29, 0.717) is 45.4 Å². The zero-order valence-electron chi connectivity index (χ0n) is 12.8. The molecule has 0 atom stereocenters. The number of piperidine rings is 1. The largest absolute Gasteiger partial charge is 0.480 e. The fourth-order valence-electron chi connectivity index (χ4n) is 2.97. The molecule has 2 fully saturated rings. The Morgan fingerprint density at radius 1 is 1.27 bits per heavy atom. The Balaban J connectivity index is 1.76. The van der Waals surface area contributed by atoms with Gasteiger partial charge in [-0.05, 0) is 19.3 Å². The number of hydrogen-bond acceptors (Lipinski definition) is 4. The summed E-state index contributed by atoms with van der Waals surface area (Å²) < 4.78 is 5.17. The Morgan fingerprint density at radius 2 is 2.00 bits per heavy atom. The van der Waals surface area contributed by atoms with Crippen LogP contribution in [0.25, 0.3) is 0 Å². The van der Waals surface area contributed by atoms with Gasteiger partial charge >= 0.3 is 5.97 Å². The highest BCUT2D eigenvalue weighted by molar-refractivity contribution is 5.87. The first-order valence-electron chi connectivity index (χ1n) is 7.93. The van der Waals surface area contributed by atoms with Crippen molar-refractivity contribution in [2.24, 2.45) is 0 Å². The van der Waals surface area contributed by atoms with E-state index in [9.17, 15) is 19.5 Å². The summed E-state index contributed by atoms with van der Waals surface area (Å²) in [5.74, 6) is -1.12. The number of rotatable bonds is 6. The Hall–Kier alpha value is -1.63. The number of carboxylic acids is 1. The molecule has 0 radical (unpaired) electrons. The summed E-state index contributed by atoms with van der Waals surface area (Å²) >= 11 is 0. The van der Waals surface area contributed by atoms with E-state index in [2.05, 4.69) is 5.32 Å². The molecular weight excluding hydrogens is 288 g/mol. The second kappa shape index (κ2) is 7.58. The van der Waals surface area contributed by atoms with Crippen LogP contribution in [0.1, 0.15) is 44.9 Å². The second-order valence-electron chi connectivity index (χ2n) is 5.99. The highest BCUT2D eigenvalue weighted by atomic mass is 16.5. The van der Waals surface area contributed by atoms with E-state index in [4.69, 9.17) is 4.74 Å². The predicted octanol–water partition coefficient (Wildman–Crippen LogP) is 0.529. The molecule has 0 aromatic heterocycles. The summed E-state index contributed by atoms with van der Waals surface area (Å²) in [7, 11) is 0. The first kappa shape index (κ1) is 16.7. The Kier molecular flexibility index (Phi) is 5.76. The maximum Gasteiger partial charge on any atom is 0.329 e. The summed E-state index contributed by atoms with van der Waals surface area (Å²) in [6.45, 7) is 2.01. The summed E-state index contributed by atoms with van der Waals surface area (Å²) in [6.07, 6.45) is 3.92. The number of ether oxygens (including phenoxy) is 1. The molecule has 0 bridgehead atoms. The molecule has 22 heavy (non-hydrogen) atoms. The van der Waals surface area contributed by atoms with E-state index in [1.807, 2.05) is 0 Å². The molecule has 0 spiro atoms. The van der Waals surface area contributed by atoms with E-state index in [1.54, 1.807) is 4.90 Å². The molecule has 2 saturated heterocycles. The number of likely N-dealkylation sites (tertiary alicyclic amines) is 1. The number of carbonyl (C=O) groups is 3. The molecule has 0 saturated carbocycles. The van der Waals surface area contributed by atoms with Gasteiger partial charge in [-0.3, -0.25) is 9.59 Å². The summed E-state index contributed by atoms with van der Waals surface area (Å²) in [4.78, 5) is 36.9. The van der Waals surface area contributed by atoms with Crippen molar-refractivity contribution in [2.45, 2.75) is 50.5 Å². The van der Waals surface area contributed by atoms with E-state index in [0.717, 1.165) is 19.4 Å². The molecule has 124 valence electrons. The van der Waals surface area contributed by atoms with Crippen LogP contribution in [0.5, 0.6) is 0 Å². The summed E-state index contributed by atoms with van der Waals surface area (Å²) in [5, 5.41) is 12.0. The van der Waals surface area contributed by atoms with Crippen molar-refractivity contribution in [3.05, 3.63) is 0 Å². The maximum atomic E-state index is 12.0. The second-order valence-corrected chi connectivity index (χ2v) is 5.99. The number of carbonyl (C=O) groups excluding carboxylic acids is 2. The van der Waals surface area contributed by atoms with Crippen molar-refractivity contribution in [1.82, 2.24) is 10.2 Å². The van der Waals surface area contributed by atoms with Gasteiger partial charge in [0.2, 0.25) is 11.8 Å². The van der Waals surface area contributed by atoms with Crippen LogP contribution in [-0.2, 0) is 19.1 Å². The third-order valence-electron chi connectivity index (χ3n) is 4.39. The van der Waals surface area contributed by atoms with Crippen molar-refractivity contribution in [2.75, 3.05) is 26.3 Å². The number of hydrogen-bond donors (Lipinski definition) is 2. The Labute approximate surface area is 130 Å². The Morgan fingerprint density at radius 3 is 2.64 bits per heavy atom. The van der Waals surface area contributed by atoms with Gasteiger partial charge in [0.1, 0.15) is 5.54 Å². The highest BCUT2D eigenvalue weighted by Gasteiger charge is 2.41. The minimum Gasteiger partial charge on any atom is -0.480 e. The fourth-order valence-corrected chi connectivity index (χ4v) is 2.97. The third-order valence-corrected chi connectivity index (χ3v) is 4.39. The molecule has 2 aliphatic rings. The van der Waals surface area contributed by atoms with Crippen molar-refractivity contribution in [3.63, 3.8) is 0 Å². The molecule has 2 amide bonds. The average Bonchev–Trinajstić information content (AvgIpc) is 2.50. The lowest BCUT2D eigenvalue weighted by molar-refractivity contribution is -0.152. The smallest absolute Gasteiger partial charge is 0.329 e. The molecule has 0 aromatic rings. The number of amides is 2. The quantitative estimate of drug-likeness (QED) is 0.746. The van der Waals surface area contributed by atoms with Gasteiger partial charge in [0.25, 0.3) is 0 Å². The highest BCUT2D eigenvalue weighted by Crippen LogP contribution is 2.21. The van der Waals surface area contributed by atoms with E-state index >= 15 is 0 Å². The van der Waals surface area contributed by atoms with Crippen LogP contribution in [0, 0.1) is 0 Å². The van der Waals surface area contributed by atoms with Crippen molar-refractivity contribution < 1.29 is 24.2 Å². The molecule has 2 rings (SSSR count). The van der Waals surface area contributed by atoms with Crippen molar-refractivity contribution in [3.8, 4) is 0 Å². The molecule has 0 aliphatic carbocycles. The minimum absolute atomic E-state index is 0.151. The Bertz CT molecular complexity index is 432. The molecular formula is C15H24N2O5. The average molecular weight is 312 g/mol. The molecule has 2 heterocycles. The van der Waals surface area contributed by atoms with Crippen LogP contribution in [0.15, 0.2) is 0 Å². The first-order chi connectivity index (χ1) is 10.5. The van der Waals surface area contributed by atoms with E-state index < -0.39 is 11.5 Å². The molecule has 0 unspecified atom stereocenters. The minimum atomic E-state index is -1.20. The third kappa shape index (κ3) is 4.19. The molecule has 2 aliphatic heterocycles. The van der Waals surface area contributed by atoms with Crippen LogP contribution in [0.3, 0.4) is 0 Å². The van der Waals surface area contributed by atoms with Crippen LogP contribution in [0.2, 0.25) is 0 Å². The molecule has 0 aromatic carbocycles. The maximum absolute atomic E-state index is 12.0. The van der Waals surface area contributed by atoms with Crippen LogP contribution >= 0.6 is 0 Å². The van der Waals surface area contributed by atoms with Crippen molar-refractivity contribution in [1.29, 1.82) is 0 Å². The van der Waals surface area contributed by atoms with Gasteiger partial charge in [0.05, 0.1) is 0 Å². The van der Waals surface area contributed by atoms with Crippen LogP contribution < -0.4 is 5.32 Å². The topological polar surface area (TPSA) is 95.9 Å². The van der Waals surface area contributed by atoms with Gasteiger partial charge in [0.15, 0.2) is 0 Å². The summed E-state index contributed by atoms with van der Waals surface area (Å²) in [5.41, 5.74) is -1.20. The van der Waals surface area contributed by atoms with Gasteiger partial charge in [-0.15, -0.1) is 0 Å². The zero-order valence-corrected chi connectivity index (χ0v) is 12.8. The van der Waals surface area contributed by atoms with Gasteiger partial charge < -0.3 is 20.1 Å². The molecule has 2 N–H and O–H groups in total. The first-order valence-corrected chi connectivity index (χ1v) is 7.93. The standard InChI is InChI=1S/C15H24N2O5/c18-12(4-3-9-17-8-2-1-5-13(17)19)16-15(14(20)21)6-10-22-11-7-15/h1-11H2,(H,16,18)(H,20,21). The van der Waals surface area contributed by atoms with Gasteiger partial charge in [-0.2, -0.15) is 0 Å². The van der Waals surface area contributed by atoms with Gasteiger partial charge in [0, 0.05) is 52.0 Å². The fraction of sp³-hybridized carbons (Fsp3) is 0.800. The van der Waals surface area contributed by atoms with Crippen molar-refractivity contribution >= 4 is 17.8 Å². The lowest BCUT2D eigenvalue weighted by atomic mass is 9.90. The van der Waals surface area contributed by atoms with E-state index in [1.165, 1.54) is 0 Å². The lowest BCUT2D eigenvalue weighted by Crippen LogP contribution is -2.57. The number of carboxylic acid groups (broad SMARTS) is 1. The van der Waals surface area contributed by atoms with Crippen LogP contribution in [0.4, 0.5) is 0 Å². The van der Waals surface area contributed by atoms with Gasteiger partial charge in [-0.1, -0.05) is 0 Å². The normalized spacial score (nSPS) is 21.5. The zero-order chi connectivity index (χ0) is 16.0. The number of nitrogens with one attached hydrogen (secondary N) is 1. The predicted molar refractivity (Wildman–Crippen MR) is 78.2 cm³/mol. The SMILES string of the molecule is O=C(CCCN1CCCCC1=O)NC1(C(=O)O)CCOCC1. The number of aliphatic carboxylic acids is 1. The van der Waals surface area contributed by atoms with Crippen LogP contribution in [-0.4, -0.2) is 59.6 Å².